The lowest BCUT2D eigenvalue weighted by Gasteiger charge is -2.17. The molecule has 2 nitrogen and oxygen atoms in total. The molecule has 0 aliphatic heterocycles. The Labute approximate surface area is 122 Å². The van der Waals surface area contributed by atoms with Gasteiger partial charge in [-0.2, -0.15) is 0 Å². The summed E-state index contributed by atoms with van der Waals surface area (Å²) in [5, 5.41) is 3.52. The highest BCUT2D eigenvalue weighted by molar-refractivity contribution is 5.31. The minimum absolute atomic E-state index is 0.140. The minimum atomic E-state index is 0.140. The average Bonchev–Trinajstić information content (AvgIpc) is 2.82. The van der Waals surface area contributed by atoms with Crippen molar-refractivity contribution in [2.24, 2.45) is 5.92 Å². The normalized spacial score (nSPS) is 12.8. The van der Waals surface area contributed by atoms with Gasteiger partial charge in [-0.1, -0.05) is 45.0 Å². The van der Waals surface area contributed by atoms with Gasteiger partial charge in [-0.15, -0.1) is 0 Å². The summed E-state index contributed by atoms with van der Waals surface area (Å²) < 4.78 is 5.81. The van der Waals surface area contributed by atoms with Crippen molar-refractivity contribution in [2.75, 3.05) is 6.54 Å². The van der Waals surface area contributed by atoms with Crippen LogP contribution in [0, 0.1) is 12.8 Å². The van der Waals surface area contributed by atoms with Crippen molar-refractivity contribution >= 4 is 0 Å². The summed E-state index contributed by atoms with van der Waals surface area (Å²) in [5.41, 5.74) is 2.67. The fourth-order valence-electron chi connectivity index (χ4n) is 2.57. The Morgan fingerprint density at radius 3 is 2.55 bits per heavy atom. The number of aryl methyl sites for hydroxylation is 1. The Balaban J connectivity index is 2.29. The van der Waals surface area contributed by atoms with Crippen molar-refractivity contribution in [3.05, 3.63) is 59.0 Å². The quantitative estimate of drug-likeness (QED) is 0.837. The van der Waals surface area contributed by atoms with Gasteiger partial charge in [0, 0.05) is 0 Å². The third-order valence-electron chi connectivity index (χ3n) is 3.38. The highest BCUT2D eigenvalue weighted by atomic mass is 16.3. The molecule has 20 heavy (non-hydrogen) atoms. The zero-order valence-corrected chi connectivity index (χ0v) is 12.9. The van der Waals surface area contributed by atoms with Crippen molar-refractivity contribution < 1.29 is 4.42 Å². The van der Waals surface area contributed by atoms with Crippen LogP contribution < -0.4 is 5.32 Å². The molecule has 1 N–H and O–H groups in total. The van der Waals surface area contributed by atoms with E-state index in [0.29, 0.717) is 5.92 Å². The maximum Gasteiger partial charge on any atom is 0.125 e. The molecule has 0 saturated heterocycles. The smallest absolute Gasteiger partial charge is 0.125 e. The second-order valence-electron chi connectivity index (χ2n) is 5.78. The van der Waals surface area contributed by atoms with Crippen LogP contribution in [0.1, 0.15) is 49.5 Å². The summed E-state index contributed by atoms with van der Waals surface area (Å²) in [6, 6.07) is 13.1. The van der Waals surface area contributed by atoms with E-state index < -0.39 is 0 Å². The van der Waals surface area contributed by atoms with Crippen molar-refractivity contribution in [1.82, 2.24) is 5.32 Å². The van der Waals surface area contributed by atoms with Crippen LogP contribution in [0.2, 0.25) is 0 Å². The molecular weight excluding hydrogens is 246 g/mol. The molecule has 0 fully saturated rings. The lowest BCUT2D eigenvalue weighted by molar-refractivity contribution is 0.435. The summed E-state index contributed by atoms with van der Waals surface area (Å²) >= 11 is 0. The van der Waals surface area contributed by atoms with Gasteiger partial charge in [-0.05, 0) is 49.1 Å². The first kappa shape index (κ1) is 14.9. The van der Waals surface area contributed by atoms with Crippen LogP contribution in [-0.2, 0) is 6.42 Å². The van der Waals surface area contributed by atoms with Gasteiger partial charge in [0.15, 0.2) is 0 Å². The van der Waals surface area contributed by atoms with Gasteiger partial charge >= 0.3 is 0 Å². The number of benzene rings is 1. The third kappa shape index (κ3) is 3.73. The fraction of sp³-hybridized carbons (Fsp3) is 0.444. The van der Waals surface area contributed by atoms with Crippen LogP contribution >= 0.6 is 0 Å². The van der Waals surface area contributed by atoms with E-state index in [1.807, 2.05) is 13.0 Å². The minimum Gasteiger partial charge on any atom is -0.464 e. The molecule has 0 radical (unpaired) electrons. The van der Waals surface area contributed by atoms with Crippen LogP contribution in [0.3, 0.4) is 0 Å². The maximum absolute atomic E-state index is 5.81. The molecule has 0 aliphatic carbocycles. The van der Waals surface area contributed by atoms with E-state index >= 15 is 0 Å². The largest absolute Gasteiger partial charge is 0.464 e. The molecule has 0 amide bonds. The first-order chi connectivity index (χ1) is 9.60. The number of hydrogen-bond acceptors (Lipinski definition) is 2. The molecule has 1 atom stereocenters. The van der Waals surface area contributed by atoms with Gasteiger partial charge in [-0.3, -0.25) is 0 Å². The van der Waals surface area contributed by atoms with E-state index in [-0.39, 0.29) is 6.04 Å². The summed E-state index contributed by atoms with van der Waals surface area (Å²) in [7, 11) is 0. The van der Waals surface area contributed by atoms with Gasteiger partial charge in [0.1, 0.15) is 11.5 Å². The second-order valence-corrected chi connectivity index (χ2v) is 5.78. The standard InChI is InChI=1S/C18H25NO/c1-5-19-18(17-10-9-14(4)20-17)16-8-6-7-15(12-16)11-13(2)3/h6-10,12-13,18-19H,5,11H2,1-4H3. The van der Waals surface area contributed by atoms with Crippen LogP contribution in [0.5, 0.6) is 0 Å². The van der Waals surface area contributed by atoms with Crippen molar-refractivity contribution in [1.29, 1.82) is 0 Å². The topological polar surface area (TPSA) is 25.2 Å². The third-order valence-corrected chi connectivity index (χ3v) is 3.38. The predicted molar refractivity (Wildman–Crippen MR) is 83.9 cm³/mol. The molecule has 0 spiro atoms. The second kappa shape index (κ2) is 6.76. The van der Waals surface area contributed by atoms with E-state index in [4.69, 9.17) is 4.42 Å². The Morgan fingerprint density at radius 1 is 1.15 bits per heavy atom. The molecule has 2 aromatic rings. The Bertz CT molecular complexity index is 542. The Morgan fingerprint density at radius 2 is 1.95 bits per heavy atom. The average molecular weight is 271 g/mol. The van der Waals surface area contributed by atoms with Crippen LogP contribution in [0.15, 0.2) is 40.8 Å². The van der Waals surface area contributed by atoms with Crippen molar-refractivity contribution in [3.8, 4) is 0 Å². The van der Waals surface area contributed by atoms with E-state index in [9.17, 15) is 0 Å². The molecule has 1 aromatic heterocycles. The SMILES string of the molecule is CCNC(c1cccc(CC(C)C)c1)c1ccc(C)o1. The summed E-state index contributed by atoms with van der Waals surface area (Å²) in [4.78, 5) is 0. The van der Waals surface area contributed by atoms with Gasteiger partial charge in [0.2, 0.25) is 0 Å². The Hall–Kier alpha value is -1.54. The lowest BCUT2D eigenvalue weighted by Crippen LogP contribution is -2.21. The van der Waals surface area contributed by atoms with Crippen molar-refractivity contribution in [2.45, 2.75) is 40.2 Å². The molecule has 1 heterocycles. The molecule has 2 heteroatoms. The van der Waals surface area contributed by atoms with Gasteiger partial charge < -0.3 is 9.73 Å². The Kier molecular flexibility index (Phi) is 5.02. The van der Waals surface area contributed by atoms with Crippen LogP contribution in [0.4, 0.5) is 0 Å². The highest BCUT2D eigenvalue weighted by Crippen LogP contribution is 2.25. The van der Waals surface area contributed by atoms with E-state index in [0.717, 1.165) is 24.5 Å². The molecule has 2 rings (SSSR count). The summed E-state index contributed by atoms with van der Waals surface area (Å²) in [5.74, 6) is 2.63. The van der Waals surface area contributed by atoms with Gasteiger partial charge in [0.05, 0.1) is 6.04 Å². The van der Waals surface area contributed by atoms with E-state index in [2.05, 4.69) is 56.4 Å². The maximum atomic E-state index is 5.81. The van der Waals surface area contributed by atoms with Crippen LogP contribution in [-0.4, -0.2) is 6.54 Å². The number of furan rings is 1. The summed E-state index contributed by atoms with van der Waals surface area (Å²) in [6.45, 7) is 9.54. The lowest BCUT2D eigenvalue weighted by atomic mass is 9.97. The molecule has 0 aliphatic rings. The van der Waals surface area contributed by atoms with Crippen LogP contribution in [0.25, 0.3) is 0 Å². The van der Waals surface area contributed by atoms with Gasteiger partial charge in [-0.25, -0.2) is 0 Å². The van der Waals surface area contributed by atoms with E-state index in [1.165, 1.54) is 11.1 Å². The molecule has 0 saturated carbocycles. The molecular formula is C18H25NO. The zero-order chi connectivity index (χ0) is 14.5. The number of hydrogen-bond donors (Lipinski definition) is 1. The van der Waals surface area contributed by atoms with E-state index in [1.54, 1.807) is 0 Å². The van der Waals surface area contributed by atoms with Gasteiger partial charge in [0.25, 0.3) is 0 Å². The predicted octanol–water partition coefficient (Wildman–Crippen LogP) is 4.49. The molecule has 0 bridgehead atoms. The molecule has 1 unspecified atom stereocenters. The van der Waals surface area contributed by atoms with Crippen molar-refractivity contribution in [3.63, 3.8) is 0 Å². The monoisotopic (exact) mass is 271 g/mol. The molecule has 1 aromatic carbocycles. The number of rotatable bonds is 6. The highest BCUT2D eigenvalue weighted by Gasteiger charge is 2.16. The first-order valence-electron chi connectivity index (χ1n) is 7.48. The number of nitrogens with one attached hydrogen (secondary N) is 1. The fourth-order valence-corrected chi connectivity index (χ4v) is 2.57. The summed E-state index contributed by atoms with van der Waals surface area (Å²) in [6.07, 6.45) is 1.11. The molecule has 108 valence electrons. The first-order valence-corrected chi connectivity index (χ1v) is 7.48. The zero-order valence-electron chi connectivity index (χ0n) is 12.9.